The van der Waals surface area contributed by atoms with Gasteiger partial charge in [-0.25, -0.2) is 0 Å². The van der Waals surface area contributed by atoms with Crippen LogP contribution in [0.5, 0.6) is 0 Å². The summed E-state index contributed by atoms with van der Waals surface area (Å²) in [4.78, 5) is 11.4. The minimum Gasteiger partial charge on any atom is -0.370 e. The number of ether oxygens (including phenoxy) is 1. The topological polar surface area (TPSA) is 88.1 Å². The summed E-state index contributed by atoms with van der Waals surface area (Å²) < 4.78 is 4.97. The van der Waals surface area contributed by atoms with E-state index in [0.717, 1.165) is 0 Å². The van der Waals surface area contributed by atoms with Crippen molar-refractivity contribution in [1.82, 2.24) is 0 Å². The van der Waals surface area contributed by atoms with Gasteiger partial charge in [0.1, 0.15) is 12.7 Å². The summed E-state index contributed by atoms with van der Waals surface area (Å²) in [6.07, 6.45) is 0. The van der Waals surface area contributed by atoms with Gasteiger partial charge in [-0.2, -0.15) is 5.26 Å². The second-order valence-electron chi connectivity index (χ2n) is 3.19. The summed E-state index contributed by atoms with van der Waals surface area (Å²) in [5.41, 5.74) is 5.94. The van der Waals surface area contributed by atoms with Crippen LogP contribution >= 0.6 is 11.6 Å². The fourth-order valence-electron chi connectivity index (χ4n) is 1.15. The number of anilines is 1. The largest absolute Gasteiger partial charge is 0.370 e. The van der Waals surface area contributed by atoms with Gasteiger partial charge >= 0.3 is 0 Å². The minimum absolute atomic E-state index is 0.103. The smallest absolute Gasteiger partial charge is 0.250 e. The molecule has 0 fully saturated rings. The summed E-state index contributed by atoms with van der Waals surface area (Å²) in [7, 11) is 0. The quantitative estimate of drug-likeness (QED) is 0.770. The van der Waals surface area contributed by atoms with Crippen molar-refractivity contribution in [2.75, 3.05) is 25.1 Å². The molecule has 0 saturated carbocycles. The fourth-order valence-corrected chi connectivity index (χ4v) is 1.32. The monoisotopic (exact) mass is 253 g/mol. The molecule has 1 rings (SSSR count). The second kappa shape index (κ2) is 6.86. The van der Waals surface area contributed by atoms with E-state index in [2.05, 4.69) is 5.32 Å². The average molecular weight is 254 g/mol. The lowest BCUT2D eigenvalue weighted by Gasteiger charge is -2.07. The first-order valence-corrected chi connectivity index (χ1v) is 5.32. The van der Waals surface area contributed by atoms with Crippen LogP contribution in [0.3, 0.4) is 0 Å². The van der Waals surface area contributed by atoms with E-state index in [9.17, 15) is 4.79 Å². The molecule has 0 aliphatic heterocycles. The maximum Gasteiger partial charge on any atom is 0.250 e. The van der Waals surface area contributed by atoms with Gasteiger partial charge in [0.25, 0.3) is 0 Å². The van der Waals surface area contributed by atoms with Crippen molar-refractivity contribution < 1.29 is 9.53 Å². The first-order valence-electron chi connectivity index (χ1n) is 4.94. The molecular weight excluding hydrogens is 242 g/mol. The Labute approximate surface area is 104 Å². The molecule has 0 unspecified atom stereocenters. The van der Waals surface area contributed by atoms with Crippen molar-refractivity contribution in [3.8, 4) is 6.07 Å². The van der Waals surface area contributed by atoms with Crippen LogP contribution in [0.15, 0.2) is 18.2 Å². The van der Waals surface area contributed by atoms with Crippen LogP contribution in [0.1, 0.15) is 5.56 Å². The number of nitrogens with two attached hydrogens (primary N) is 1. The van der Waals surface area contributed by atoms with E-state index in [1.807, 2.05) is 6.07 Å². The number of halogens is 1. The fraction of sp³-hybridized carbons (Fsp3) is 0.273. The van der Waals surface area contributed by atoms with Crippen LogP contribution in [-0.2, 0) is 9.53 Å². The zero-order valence-corrected chi connectivity index (χ0v) is 9.83. The summed E-state index contributed by atoms with van der Waals surface area (Å²) in [6.45, 7) is 0.566. The average Bonchev–Trinajstić information content (AvgIpc) is 2.29. The van der Waals surface area contributed by atoms with Crippen molar-refractivity contribution in [3.05, 3.63) is 28.8 Å². The van der Waals surface area contributed by atoms with Gasteiger partial charge in [-0.1, -0.05) is 11.6 Å². The van der Waals surface area contributed by atoms with Crippen molar-refractivity contribution in [2.45, 2.75) is 0 Å². The van der Waals surface area contributed by atoms with Crippen LogP contribution < -0.4 is 11.1 Å². The number of carbonyl (C=O) groups is 1. The lowest BCUT2D eigenvalue weighted by atomic mass is 10.2. The number of nitriles is 1. The Kier molecular flexibility index (Phi) is 5.43. The molecule has 0 saturated heterocycles. The predicted octanol–water partition coefficient (Wildman–Crippen LogP) is 1.13. The standard InChI is InChI=1S/C11H12ClN3O2/c12-9-2-1-8(6-14)10(5-9)15-11(16)7-17-4-3-13/h1-2,5H,3-4,7,13H2,(H,15,16). The molecule has 0 aliphatic carbocycles. The Morgan fingerprint density at radius 2 is 2.35 bits per heavy atom. The van der Waals surface area contributed by atoms with Gasteiger partial charge in [0.15, 0.2) is 0 Å². The lowest BCUT2D eigenvalue weighted by molar-refractivity contribution is -0.120. The number of benzene rings is 1. The normalized spacial score (nSPS) is 9.71. The van der Waals surface area contributed by atoms with Crippen LogP contribution in [0, 0.1) is 11.3 Å². The number of nitrogens with zero attached hydrogens (tertiary/aromatic N) is 1. The van der Waals surface area contributed by atoms with E-state index in [0.29, 0.717) is 29.4 Å². The van der Waals surface area contributed by atoms with Crippen LogP contribution in [-0.4, -0.2) is 25.7 Å². The second-order valence-corrected chi connectivity index (χ2v) is 3.63. The molecule has 1 aromatic carbocycles. The van der Waals surface area contributed by atoms with Crippen molar-refractivity contribution in [3.63, 3.8) is 0 Å². The molecule has 0 aliphatic rings. The summed E-state index contributed by atoms with van der Waals surface area (Å²) >= 11 is 5.78. The maximum absolute atomic E-state index is 11.4. The lowest BCUT2D eigenvalue weighted by Crippen LogP contribution is -2.21. The van der Waals surface area contributed by atoms with Crippen LogP contribution in [0.4, 0.5) is 5.69 Å². The molecule has 1 amide bonds. The first-order chi connectivity index (χ1) is 8.17. The van der Waals surface area contributed by atoms with Crippen LogP contribution in [0.2, 0.25) is 5.02 Å². The van der Waals surface area contributed by atoms with E-state index < -0.39 is 0 Å². The van der Waals surface area contributed by atoms with Gasteiger partial charge in [0.2, 0.25) is 5.91 Å². The third kappa shape index (κ3) is 4.41. The third-order valence-corrected chi connectivity index (χ3v) is 2.11. The first kappa shape index (κ1) is 13.5. The zero-order chi connectivity index (χ0) is 12.7. The van der Waals surface area contributed by atoms with Crippen molar-refractivity contribution >= 4 is 23.2 Å². The molecule has 90 valence electrons. The van der Waals surface area contributed by atoms with Crippen molar-refractivity contribution in [1.29, 1.82) is 5.26 Å². The maximum atomic E-state index is 11.4. The SMILES string of the molecule is N#Cc1ccc(Cl)cc1NC(=O)COCCN. The van der Waals surface area contributed by atoms with Crippen LogP contribution in [0.25, 0.3) is 0 Å². The number of hydrogen-bond donors (Lipinski definition) is 2. The van der Waals surface area contributed by atoms with Gasteiger partial charge in [-0.3, -0.25) is 4.79 Å². The molecule has 6 heteroatoms. The summed E-state index contributed by atoms with van der Waals surface area (Å²) in [6, 6.07) is 6.60. The molecule has 0 atom stereocenters. The molecule has 17 heavy (non-hydrogen) atoms. The highest BCUT2D eigenvalue weighted by Gasteiger charge is 2.07. The highest BCUT2D eigenvalue weighted by Crippen LogP contribution is 2.20. The molecular formula is C11H12ClN3O2. The molecule has 3 N–H and O–H groups in total. The highest BCUT2D eigenvalue weighted by atomic mass is 35.5. The Morgan fingerprint density at radius 3 is 3.00 bits per heavy atom. The summed E-state index contributed by atoms with van der Waals surface area (Å²) in [5, 5.41) is 11.8. The molecule has 0 radical (unpaired) electrons. The van der Waals surface area contributed by atoms with E-state index >= 15 is 0 Å². The Bertz CT molecular complexity index is 443. The Hall–Kier alpha value is -1.61. The Morgan fingerprint density at radius 1 is 1.59 bits per heavy atom. The predicted molar refractivity (Wildman–Crippen MR) is 64.7 cm³/mol. The van der Waals surface area contributed by atoms with Gasteiger partial charge in [0, 0.05) is 11.6 Å². The van der Waals surface area contributed by atoms with E-state index in [1.165, 1.54) is 6.07 Å². The van der Waals surface area contributed by atoms with Gasteiger partial charge in [-0.05, 0) is 18.2 Å². The molecule has 0 bridgehead atoms. The number of hydrogen-bond acceptors (Lipinski definition) is 4. The van der Waals surface area contributed by atoms with Gasteiger partial charge < -0.3 is 15.8 Å². The summed E-state index contributed by atoms with van der Waals surface area (Å²) in [5.74, 6) is -0.350. The van der Waals surface area contributed by atoms with Gasteiger partial charge in [0.05, 0.1) is 17.9 Å². The van der Waals surface area contributed by atoms with Gasteiger partial charge in [-0.15, -0.1) is 0 Å². The minimum atomic E-state index is -0.350. The van der Waals surface area contributed by atoms with E-state index in [-0.39, 0.29) is 12.5 Å². The molecule has 0 heterocycles. The Balaban J connectivity index is 2.64. The molecule has 1 aromatic rings. The molecule has 0 aromatic heterocycles. The number of nitrogens with one attached hydrogen (secondary N) is 1. The number of amides is 1. The number of carbonyl (C=O) groups excluding carboxylic acids is 1. The molecule has 0 spiro atoms. The van der Waals surface area contributed by atoms with E-state index in [1.54, 1.807) is 12.1 Å². The zero-order valence-electron chi connectivity index (χ0n) is 9.07. The number of rotatable bonds is 5. The van der Waals surface area contributed by atoms with Crippen molar-refractivity contribution in [2.24, 2.45) is 5.73 Å². The highest BCUT2D eigenvalue weighted by molar-refractivity contribution is 6.31. The van der Waals surface area contributed by atoms with E-state index in [4.69, 9.17) is 27.3 Å². The third-order valence-electron chi connectivity index (χ3n) is 1.87. The molecule has 5 nitrogen and oxygen atoms in total.